The molecule has 2 fully saturated rings. The van der Waals surface area contributed by atoms with Gasteiger partial charge in [0.05, 0.1) is 12.5 Å². The number of carbonyl (C=O) groups excluding carboxylic acids is 1. The number of piperidine rings is 1. The van der Waals surface area contributed by atoms with Crippen molar-refractivity contribution in [1.29, 1.82) is 0 Å². The van der Waals surface area contributed by atoms with E-state index in [1.54, 1.807) is 4.90 Å². The summed E-state index contributed by atoms with van der Waals surface area (Å²) in [4.78, 5) is 24.9. The molecule has 2 N–H and O–H groups in total. The van der Waals surface area contributed by atoms with Gasteiger partial charge in [0.15, 0.2) is 0 Å². The topological polar surface area (TPSA) is 69.6 Å². The molecule has 0 aromatic carbocycles. The molecule has 0 spiro atoms. The number of carbonyl (C=O) groups is 2. The molecule has 21 heavy (non-hydrogen) atoms. The van der Waals surface area contributed by atoms with E-state index in [1.807, 2.05) is 0 Å². The van der Waals surface area contributed by atoms with Gasteiger partial charge in [0.1, 0.15) is 0 Å². The lowest BCUT2D eigenvalue weighted by Gasteiger charge is -2.34. The van der Waals surface area contributed by atoms with Crippen LogP contribution in [-0.4, -0.2) is 47.6 Å². The van der Waals surface area contributed by atoms with Crippen LogP contribution in [0.5, 0.6) is 0 Å². The summed E-state index contributed by atoms with van der Waals surface area (Å²) in [5.74, 6) is 0.616. The van der Waals surface area contributed by atoms with E-state index >= 15 is 0 Å². The molecule has 2 rings (SSSR count). The summed E-state index contributed by atoms with van der Waals surface area (Å²) in [6, 6.07) is 0.455. The number of hydrogen-bond donors (Lipinski definition) is 2. The van der Waals surface area contributed by atoms with Crippen LogP contribution < -0.4 is 5.32 Å². The van der Waals surface area contributed by atoms with E-state index in [4.69, 9.17) is 5.11 Å². The fourth-order valence-corrected chi connectivity index (χ4v) is 3.45. The molecule has 0 aromatic heterocycles. The van der Waals surface area contributed by atoms with Gasteiger partial charge in [-0.3, -0.25) is 9.59 Å². The molecule has 1 saturated carbocycles. The molecule has 0 radical (unpaired) electrons. The van der Waals surface area contributed by atoms with Gasteiger partial charge in [0, 0.05) is 19.1 Å². The quantitative estimate of drug-likeness (QED) is 0.829. The zero-order valence-corrected chi connectivity index (χ0v) is 13.2. The van der Waals surface area contributed by atoms with Gasteiger partial charge >= 0.3 is 5.97 Å². The molecule has 0 bridgehead atoms. The summed E-state index contributed by atoms with van der Waals surface area (Å²) < 4.78 is 0. The largest absolute Gasteiger partial charge is 0.481 e. The van der Waals surface area contributed by atoms with Gasteiger partial charge in [0.2, 0.25) is 5.91 Å². The highest BCUT2D eigenvalue weighted by molar-refractivity contribution is 5.79. The second-order valence-corrected chi connectivity index (χ2v) is 6.84. The van der Waals surface area contributed by atoms with Crippen molar-refractivity contribution in [3.63, 3.8) is 0 Å². The Kier molecular flexibility index (Phi) is 5.62. The molecule has 0 aromatic rings. The predicted molar refractivity (Wildman–Crippen MR) is 80.9 cm³/mol. The number of amides is 1. The normalized spacial score (nSPS) is 31.1. The van der Waals surface area contributed by atoms with Gasteiger partial charge < -0.3 is 15.3 Å². The van der Waals surface area contributed by atoms with Crippen LogP contribution in [-0.2, 0) is 9.59 Å². The number of nitrogens with one attached hydrogen (secondary N) is 1. The fourth-order valence-electron chi connectivity index (χ4n) is 3.45. The van der Waals surface area contributed by atoms with Crippen molar-refractivity contribution in [2.24, 2.45) is 17.8 Å². The van der Waals surface area contributed by atoms with E-state index in [0.29, 0.717) is 38.5 Å². The Bertz CT molecular complexity index is 378. The number of nitrogens with zero attached hydrogens (tertiary/aromatic N) is 1. The zero-order valence-electron chi connectivity index (χ0n) is 13.2. The minimum absolute atomic E-state index is 0.116. The van der Waals surface area contributed by atoms with Crippen LogP contribution in [0.25, 0.3) is 0 Å². The average Bonchev–Trinajstić information content (AvgIpc) is 2.48. The number of aliphatic carboxylic acids is 1. The highest BCUT2D eigenvalue weighted by Crippen LogP contribution is 2.29. The van der Waals surface area contributed by atoms with Crippen molar-refractivity contribution < 1.29 is 14.7 Å². The number of hydrogen-bond acceptors (Lipinski definition) is 3. The SMILES string of the molecule is CC1CCC(NCC(=O)N2CCC(C(=O)O)CC2)CC1C. The molecule has 1 aliphatic heterocycles. The first kappa shape index (κ1) is 16.3. The van der Waals surface area contributed by atoms with Gasteiger partial charge in [-0.2, -0.15) is 0 Å². The first-order valence-electron chi connectivity index (χ1n) is 8.21. The minimum Gasteiger partial charge on any atom is -0.481 e. The van der Waals surface area contributed by atoms with Crippen molar-refractivity contribution in [3.05, 3.63) is 0 Å². The highest BCUT2D eigenvalue weighted by atomic mass is 16.4. The standard InChI is InChI=1S/C16H28N2O3/c1-11-3-4-14(9-12(11)2)17-10-15(19)18-7-5-13(6-8-18)16(20)21/h11-14,17H,3-10H2,1-2H3,(H,20,21). The molecule has 120 valence electrons. The van der Waals surface area contributed by atoms with Crippen LogP contribution in [0.1, 0.15) is 46.0 Å². The van der Waals surface area contributed by atoms with E-state index < -0.39 is 5.97 Å². The predicted octanol–water partition coefficient (Wildman–Crippen LogP) is 1.72. The maximum absolute atomic E-state index is 12.2. The molecule has 5 heteroatoms. The summed E-state index contributed by atoms with van der Waals surface area (Å²) in [7, 11) is 0. The third kappa shape index (κ3) is 4.43. The van der Waals surface area contributed by atoms with Gasteiger partial charge in [-0.1, -0.05) is 13.8 Å². The molecule has 3 unspecified atom stereocenters. The third-order valence-electron chi connectivity index (χ3n) is 5.34. The molecule has 2 aliphatic rings. The first-order valence-corrected chi connectivity index (χ1v) is 8.21. The number of carboxylic acid groups (broad SMARTS) is 1. The highest BCUT2D eigenvalue weighted by Gasteiger charge is 2.28. The summed E-state index contributed by atoms with van der Waals surface area (Å²) in [6.45, 7) is 6.14. The van der Waals surface area contributed by atoms with Crippen molar-refractivity contribution in [2.45, 2.75) is 52.0 Å². The van der Waals surface area contributed by atoms with E-state index in [-0.39, 0.29) is 11.8 Å². The smallest absolute Gasteiger partial charge is 0.306 e. The molecular weight excluding hydrogens is 268 g/mol. The zero-order chi connectivity index (χ0) is 15.4. The lowest BCUT2D eigenvalue weighted by atomic mass is 9.79. The van der Waals surface area contributed by atoms with E-state index in [2.05, 4.69) is 19.2 Å². The molecule has 3 atom stereocenters. The van der Waals surface area contributed by atoms with Gasteiger partial charge in [0.25, 0.3) is 0 Å². The molecule has 1 heterocycles. The van der Waals surface area contributed by atoms with Crippen LogP contribution in [0, 0.1) is 17.8 Å². The molecule has 1 saturated heterocycles. The van der Waals surface area contributed by atoms with Crippen LogP contribution in [0.15, 0.2) is 0 Å². The minimum atomic E-state index is -0.731. The Morgan fingerprint density at radius 3 is 2.33 bits per heavy atom. The monoisotopic (exact) mass is 296 g/mol. The third-order valence-corrected chi connectivity index (χ3v) is 5.34. The van der Waals surface area contributed by atoms with Gasteiger partial charge in [-0.15, -0.1) is 0 Å². The van der Waals surface area contributed by atoms with Crippen LogP contribution in [0.3, 0.4) is 0 Å². The van der Waals surface area contributed by atoms with Gasteiger partial charge in [-0.05, 0) is 43.9 Å². The average molecular weight is 296 g/mol. The maximum atomic E-state index is 12.2. The summed E-state index contributed by atoms with van der Waals surface area (Å²) in [5, 5.41) is 12.4. The fraction of sp³-hybridized carbons (Fsp3) is 0.875. The van der Waals surface area contributed by atoms with Crippen molar-refractivity contribution >= 4 is 11.9 Å². The van der Waals surface area contributed by atoms with Crippen molar-refractivity contribution in [3.8, 4) is 0 Å². The first-order chi connectivity index (χ1) is 9.97. The van der Waals surface area contributed by atoms with Crippen LogP contribution >= 0.6 is 0 Å². The summed E-state index contributed by atoms with van der Waals surface area (Å²) in [6.07, 6.45) is 4.70. The Balaban J connectivity index is 1.69. The molecule has 1 aliphatic carbocycles. The van der Waals surface area contributed by atoms with Crippen molar-refractivity contribution in [2.75, 3.05) is 19.6 Å². The van der Waals surface area contributed by atoms with Crippen LogP contribution in [0.4, 0.5) is 0 Å². The number of carboxylic acids is 1. The Labute approximate surface area is 127 Å². The second kappa shape index (κ2) is 7.25. The number of likely N-dealkylation sites (tertiary alicyclic amines) is 1. The van der Waals surface area contributed by atoms with Gasteiger partial charge in [-0.25, -0.2) is 0 Å². The number of rotatable bonds is 4. The molecule has 5 nitrogen and oxygen atoms in total. The lowest BCUT2D eigenvalue weighted by Crippen LogP contribution is -2.46. The lowest BCUT2D eigenvalue weighted by molar-refractivity contribution is -0.145. The molecular formula is C16H28N2O3. The van der Waals surface area contributed by atoms with Crippen LogP contribution in [0.2, 0.25) is 0 Å². The maximum Gasteiger partial charge on any atom is 0.306 e. The van der Waals surface area contributed by atoms with E-state index in [1.165, 1.54) is 6.42 Å². The Morgan fingerprint density at radius 2 is 1.76 bits per heavy atom. The Morgan fingerprint density at radius 1 is 1.10 bits per heavy atom. The summed E-state index contributed by atoms with van der Waals surface area (Å²) in [5.41, 5.74) is 0. The second-order valence-electron chi connectivity index (χ2n) is 6.84. The Hall–Kier alpha value is -1.10. The van der Waals surface area contributed by atoms with E-state index in [9.17, 15) is 9.59 Å². The summed E-state index contributed by atoms with van der Waals surface area (Å²) >= 11 is 0. The molecule has 1 amide bonds. The van der Waals surface area contributed by atoms with E-state index in [0.717, 1.165) is 24.7 Å². The van der Waals surface area contributed by atoms with Crippen molar-refractivity contribution in [1.82, 2.24) is 10.2 Å².